The van der Waals surface area contributed by atoms with Crippen LogP contribution in [0.25, 0.3) is 11.1 Å². The Balaban J connectivity index is 1.96. The third-order valence-corrected chi connectivity index (χ3v) is 3.59. The van der Waals surface area contributed by atoms with Gasteiger partial charge in [0.15, 0.2) is 17.5 Å². The van der Waals surface area contributed by atoms with E-state index in [9.17, 15) is 17.6 Å². The van der Waals surface area contributed by atoms with Crippen molar-refractivity contribution in [3.8, 4) is 11.1 Å². The molecule has 3 rings (SSSR count). The van der Waals surface area contributed by atoms with Crippen molar-refractivity contribution in [1.29, 1.82) is 0 Å². The average Bonchev–Trinajstić information content (AvgIpc) is 3.37. The molecule has 0 aromatic heterocycles. The molecule has 0 aliphatic heterocycles. The number of benzene rings is 2. The molecule has 120 valence electrons. The lowest BCUT2D eigenvalue weighted by molar-refractivity contribution is 0.125. The van der Waals surface area contributed by atoms with Gasteiger partial charge in [-0.15, -0.1) is 0 Å². The second-order valence-electron chi connectivity index (χ2n) is 5.34. The van der Waals surface area contributed by atoms with Crippen molar-refractivity contribution < 1.29 is 22.4 Å². The standard InChI is InChI=1S/C17H13F4NO/c18-14-12(9-23-22-8-10-6-7-10)15(19)17(21)16(20)13(14)11-4-2-1-3-5-11/h1-5,8,10H,6-7,9H2. The van der Waals surface area contributed by atoms with Gasteiger partial charge in [-0.05, 0) is 24.3 Å². The lowest BCUT2D eigenvalue weighted by Gasteiger charge is -2.12. The minimum atomic E-state index is -1.73. The Morgan fingerprint density at radius 3 is 2.30 bits per heavy atom. The van der Waals surface area contributed by atoms with Crippen LogP contribution in [0.1, 0.15) is 18.4 Å². The highest BCUT2D eigenvalue weighted by atomic mass is 19.2. The largest absolute Gasteiger partial charge is 0.391 e. The van der Waals surface area contributed by atoms with Gasteiger partial charge < -0.3 is 4.84 Å². The first-order valence-electron chi connectivity index (χ1n) is 7.15. The van der Waals surface area contributed by atoms with Gasteiger partial charge in [0, 0.05) is 6.21 Å². The van der Waals surface area contributed by atoms with E-state index >= 15 is 0 Å². The van der Waals surface area contributed by atoms with Gasteiger partial charge in [0.25, 0.3) is 0 Å². The monoisotopic (exact) mass is 323 g/mol. The zero-order valence-corrected chi connectivity index (χ0v) is 12.0. The molecule has 0 radical (unpaired) electrons. The Labute approximate surface area is 130 Å². The van der Waals surface area contributed by atoms with Crippen molar-refractivity contribution in [2.75, 3.05) is 0 Å². The average molecular weight is 323 g/mol. The summed E-state index contributed by atoms with van der Waals surface area (Å²) >= 11 is 0. The number of hydrogen-bond donors (Lipinski definition) is 0. The molecule has 1 aliphatic rings. The van der Waals surface area contributed by atoms with Crippen molar-refractivity contribution in [2.24, 2.45) is 11.1 Å². The van der Waals surface area contributed by atoms with Crippen LogP contribution < -0.4 is 0 Å². The Morgan fingerprint density at radius 1 is 0.957 bits per heavy atom. The van der Waals surface area contributed by atoms with Crippen LogP contribution in [-0.2, 0) is 11.4 Å². The summed E-state index contributed by atoms with van der Waals surface area (Å²) in [7, 11) is 0. The maximum atomic E-state index is 14.5. The van der Waals surface area contributed by atoms with Gasteiger partial charge in [-0.2, -0.15) is 0 Å². The maximum Gasteiger partial charge on any atom is 0.195 e. The third-order valence-electron chi connectivity index (χ3n) is 3.59. The number of hydrogen-bond acceptors (Lipinski definition) is 2. The zero-order valence-electron chi connectivity index (χ0n) is 12.0. The van der Waals surface area contributed by atoms with E-state index in [0.717, 1.165) is 12.8 Å². The summed E-state index contributed by atoms with van der Waals surface area (Å²) < 4.78 is 56.0. The van der Waals surface area contributed by atoms with Crippen LogP contribution >= 0.6 is 0 Å². The number of oxime groups is 1. The van der Waals surface area contributed by atoms with E-state index in [1.54, 1.807) is 18.2 Å². The minimum Gasteiger partial charge on any atom is -0.391 e. The van der Waals surface area contributed by atoms with Crippen LogP contribution in [0, 0.1) is 29.2 Å². The molecule has 1 fully saturated rings. The van der Waals surface area contributed by atoms with Crippen molar-refractivity contribution in [3.05, 3.63) is 59.2 Å². The van der Waals surface area contributed by atoms with Crippen LogP contribution in [0.3, 0.4) is 0 Å². The fourth-order valence-electron chi connectivity index (χ4n) is 2.14. The molecule has 0 heterocycles. The summed E-state index contributed by atoms with van der Waals surface area (Å²) in [5, 5.41) is 3.59. The second-order valence-corrected chi connectivity index (χ2v) is 5.34. The lowest BCUT2D eigenvalue weighted by Crippen LogP contribution is -2.07. The first kappa shape index (κ1) is 15.5. The first-order chi connectivity index (χ1) is 11.1. The molecule has 1 aliphatic carbocycles. The Morgan fingerprint density at radius 2 is 1.65 bits per heavy atom. The fraction of sp³-hybridized carbons (Fsp3) is 0.235. The van der Waals surface area contributed by atoms with Gasteiger partial charge in [-0.25, -0.2) is 17.6 Å². The van der Waals surface area contributed by atoms with Gasteiger partial charge in [0.1, 0.15) is 12.4 Å². The molecule has 2 aromatic rings. The van der Waals surface area contributed by atoms with Crippen molar-refractivity contribution in [1.82, 2.24) is 0 Å². The predicted molar refractivity (Wildman–Crippen MR) is 77.7 cm³/mol. The molecule has 6 heteroatoms. The summed E-state index contributed by atoms with van der Waals surface area (Å²) in [5.41, 5.74) is -1.19. The van der Waals surface area contributed by atoms with E-state index in [1.807, 2.05) is 0 Å². The molecule has 0 unspecified atom stereocenters. The molecule has 0 bridgehead atoms. The topological polar surface area (TPSA) is 21.6 Å². The van der Waals surface area contributed by atoms with Crippen molar-refractivity contribution in [3.63, 3.8) is 0 Å². The normalized spacial score (nSPS) is 14.4. The van der Waals surface area contributed by atoms with Crippen molar-refractivity contribution >= 4 is 6.21 Å². The third kappa shape index (κ3) is 3.21. The van der Waals surface area contributed by atoms with Gasteiger partial charge in [0.2, 0.25) is 0 Å². The highest BCUT2D eigenvalue weighted by molar-refractivity contribution is 5.66. The van der Waals surface area contributed by atoms with Crippen LogP contribution in [0.15, 0.2) is 35.5 Å². The quantitative estimate of drug-likeness (QED) is 0.254. The van der Waals surface area contributed by atoms with Crippen LogP contribution in [-0.4, -0.2) is 6.21 Å². The highest BCUT2D eigenvalue weighted by Crippen LogP contribution is 2.32. The van der Waals surface area contributed by atoms with Gasteiger partial charge in [-0.1, -0.05) is 35.5 Å². The van der Waals surface area contributed by atoms with Crippen LogP contribution in [0.5, 0.6) is 0 Å². The van der Waals surface area contributed by atoms with E-state index in [0.29, 0.717) is 5.92 Å². The molecule has 1 saturated carbocycles. The summed E-state index contributed by atoms with van der Waals surface area (Å²) in [6, 6.07) is 7.57. The number of rotatable bonds is 5. The molecule has 2 aromatic carbocycles. The summed E-state index contributed by atoms with van der Waals surface area (Å²) in [5.74, 6) is -5.74. The second kappa shape index (κ2) is 6.40. The van der Waals surface area contributed by atoms with Crippen LogP contribution in [0.4, 0.5) is 17.6 Å². The Bertz CT molecular complexity index is 742. The van der Waals surface area contributed by atoms with Gasteiger partial charge in [-0.3, -0.25) is 0 Å². The Hall–Kier alpha value is -2.37. The number of nitrogens with zero attached hydrogens (tertiary/aromatic N) is 1. The van der Waals surface area contributed by atoms with Crippen LogP contribution in [0.2, 0.25) is 0 Å². The lowest BCUT2D eigenvalue weighted by atomic mass is 10.0. The Kier molecular flexibility index (Phi) is 4.32. The predicted octanol–water partition coefficient (Wildman–Crippen LogP) is 4.82. The summed E-state index contributed by atoms with van der Waals surface area (Å²) in [4.78, 5) is 4.82. The van der Waals surface area contributed by atoms with Crippen molar-refractivity contribution in [2.45, 2.75) is 19.4 Å². The molecule has 0 N–H and O–H groups in total. The summed E-state index contributed by atoms with van der Waals surface area (Å²) in [6.45, 7) is -0.613. The van der Waals surface area contributed by atoms with E-state index < -0.39 is 41.0 Å². The van der Waals surface area contributed by atoms with E-state index in [1.165, 1.54) is 18.3 Å². The molecule has 23 heavy (non-hydrogen) atoms. The maximum absolute atomic E-state index is 14.5. The minimum absolute atomic E-state index is 0.115. The van der Waals surface area contributed by atoms with E-state index in [-0.39, 0.29) is 5.56 Å². The summed E-state index contributed by atoms with van der Waals surface area (Å²) in [6.07, 6.45) is 3.53. The molecule has 0 atom stereocenters. The van der Waals surface area contributed by atoms with E-state index in [4.69, 9.17) is 4.84 Å². The molecular formula is C17H13F4NO. The zero-order chi connectivity index (χ0) is 16.4. The van der Waals surface area contributed by atoms with E-state index in [2.05, 4.69) is 5.16 Å². The SMILES string of the molecule is Fc1c(F)c(CON=CC2CC2)c(F)c(-c2ccccc2)c1F. The van der Waals surface area contributed by atoms with Gasteiger partial charge in [0.05, 0.1) is 11.1 Å². The molecule has 0 amide bonds. The molecular weight excluding hydrogens is 310 g/mol. The number of halogens is 4. The van der Waals surface area contributed by atoms with Gasteiger partial charge >= 0.3 is 0 Å². The first-order valence-corrected chi connectivity index (χ1v) is 7.15. The molecule has 0 saturated heterocycles. The fourth-order valence-corrected chi connectivity index (χ4v) is 2.14. The molecule has 0 spiro atoms. The molecule has 2 nitrogen and oxygen atoms in total. The highest BCUT2D eigenvalue weighted by Gasteiger charge is 2.26. The smallest absolute Gasteiger partial charge is 0.195 e.